The van der Waals surface area contributed by atoms with Crippen LogP contribution in [0.25, 0.3) is 10.9 Å². The van der Waals surface area contributed by atoms with E-state index in [1.807, 2.05) is 61.7 Å². The summed E-state index contributed by atoms with van der Waals surface area (Å²) in [4.78, 5) is 30.9. The number of nitrogens with zero attached hydrogens (tertiary/aromatic N) is 5. The summed E-state index contributed by atoms with van der Waals surface area (Å²) in [6.07, 6.45) is 4.80. The molecule has 0 spiro atoms. The summed E-state index contributed by atoms with van der Waals surface area (Å²) in [5.41, 5.74) is 3.60. The highest BCUT2D eigenvalue weighted by molar-refractivity contribution is 6.06. The highest BCUT2D eigenvalue weighted by Gasteiger charge is 2.26. The van der Waals surface area contributed by atoms with Crippen LogP contribution < -0.4 is 10.2 Å². The van der Waals surface area contributed by atoms with Gasteiger partial charge < -0.3 is 15.0 Å². The maximum absolute atomic E-state index is 12.9. The van der Waals surface area contributed by atoms with E-state index in [0.29, 0.717) is 24.7 Å². The van der Waals surface area contributed by atoms with Crippen LogP contribution in [-0.2, 0) is 11.3 Å². The van der Waals surface area contributed by atoms with Gasteiger partial charge in [-0.05, 0) is 25.1 Å². The Labute approximate surface area is 188 Å². The van der Waals surface area contributed by atoms with E-state index in [9.17, 15) is 4.79 Å². The zero-order valence-corrected chi connectivity index (χ0v) is 18.9. The van der Waals surface area contributed by atoms with Crippen molar-refractivity contribution in [2.45, 2.75) is 18.9 Å². The summed E-state index contributed by atoms with van der Waals surface area (Å²) >= 11 is 0. The number of likely N-dealkylation sites (tertiary alicyclic amines) is 1. The predicted molar refractivity (Wildman–Crippen MR) is 125 cm³/mol. The summed E-state index contributed by atoms with van der Waals surface area (Å²) in [5.74, 6) is 0.909. The molecule has 1 atom stereocenters. The number of ether oxygens (including phenoxy) is 1. The number of amides is 1. The number of methoxy groups -OCH3 is 1. The number of fused-ring (bicyclic) bond motifs is 1. The number of hydrogen-bond donors (Lipinski definition) is 1. The van der Waals surface area contributed by atoms with Crippen LogP contribution in [0.1, 0.15) is 34.0 Å². The van der Waals surface area contributed by atoms with Gasteiger partial charge in [0.1, 0.15) is 0 Å². The molecule has 1 aromatic carbocycles. The van der Waals surface area contributed by atoms with E-state index >= 15 is 0 Å². The minimum atomic E-state index is -0.0881. The van der Waals surface area contributed by atoms with Crippen molar-refractivity contribution in [3.63, 3.8) is 0 Å². The van der Waals surface area contributed by atoms with Crippen LogP contribution in [0.15, 0.2) is 42.7 Å². The molecule has 168 valence electrons. The molecule has 32 heavy (non-hydrogen) atoms. The van der Waals surface area contributed by atoms with Crippen molar-refractivity contribution in [1.29, 1.82) is 0 Å². The van der Waals surface area contributed by atoms with Crippen molar-refractivity contribution in [2.24, 2.45) is 0 Å². The number of para-hydroxylation sites is 1. The lowest BCUT2D eigenvalue weighted by atomic mass is 9.99. The van der Waals surface area contributed by atoms with Crippen molar-refractivity contribution in [3.8, 4) is 0 Å². The molecule has 1 aliphatic heterocycles. The summed E-state index contributed by atoms with van der Waals surface area (Å²) in [6.45, 7) is 3.64. The number of hydrogen-bond acceptors (Lipinski definition) is 7. The van der Waals surface area contributed by atoms with E-state index in [0.717, 1.165) is 48.2 Å². The monoisotopic (exact) mass is 434 g/mol. The van der Waals surface area contributed by atoms with Crippen LogP contribution in [-0.4, -0.2) is 73.2 Å². The molecule has 1 fully saturated rings. The Kier molecular flexibility index (Phi) is 6.92. The van der Waals surface area contributed by atoms with Gasteiger partial charge in [0.25, 0.3) is 5.91 Å². The van der Waals surface area contributed by atoms with Gasteiger partial charge in [-0.2, -0.15) is 0 Å². The standard InChI is InChI=1S/C24H30N6O2/c1-29(2)24-26-13-17(14-27-24)15-30-10-8-18(16-30)22-12-20(23(31)25-9-11-32-3)19-6-4-5-7-21(19)28-22/h4-7,12-14,18H,8-11,15-16H2,1-3H3,(H,25,31)/t18-/m0/s1. The fourth-order valence-corrected chi connectivity index (χ4v) is 4.09. The lowest BCUT2D eigenvalue weighted by Crippen LogP contribution is -2.27. The zero-order valence-electron chi connectivity index (χ0n) is 18.9. The van der Waals surface area contributed by atoms with Crippen molar-refractivity contribution in [3.05, 3.63) is 59.5 Å². The molecule has 0 radical (unpaired) electrons. The maximum Gasteiger partial charge on any atom is 0.252 e. The first-order chi connectivity index (χ1) is 15.5. The molecule has 3 aromatic rings. The van der Waals surface area contributed by atoms with Gasteiger partial charge in [0.15, 0.2) is 0 Å². The Morgan fingerprint density at radius 2 is 2.03 bits per heavy atom. The normalized spacial score (nSPS) is 16.4. The van der Waals surface area contributed by atoms with E-state index < -0.39 is 0 Å². The molecule has 8 heteroatoms. The molecule has 0 bridgehead atoms. The average molecular weight is 435 g/mol. The number of carbonyl (C=O) groups is 1. The van der Waals surface area contributed by atoms with Gasteiger partial charge in [-0.3, -0.25) is 14.7 Å². The SMILES string of the molecule is COCCNC(=O)c1cc([C@H]2CCN(Cc3cnc(N(C)C)nc3)C2)nc2ccccc12. The number of benzene rings is 1. The first-order valence-corrected chi connectivity index (χ1v) is 10.9. The van der Waals surface area contributed by atoms with E-state index in [1.165, 1.54) is 0 Å². The molecule has 0 aliphatic carbocycles. The first-order valence-electron chi connectivity index (χ1n) is 10.9. The molecule has 1 N–H and O–H groups in total. The molecule has 0 unspecified atom stereocenters. The van der Waals surface area contributed by atoms with Gasteiger partial charge in [-0.15, -0.1) is 0 Å². The van der Waals surface area contributed by atoms with Crippen molar-refractivity contribution in [1.82, 2.24) is 25.2 Å². The molecular weight excluding hydrogens is 404 g/mol. The number of nitrogens with one attached hydrogen (secondary N) is 1. The molecule has 4 rings (SSSR count). The van der Waals surface area contributed by atoms with Crippen LogP contribution in [0.2, 0.25) is 0 Å². The molecule has 2 aromatic heterocycles. The number of aromatic nitrogens is 3. The summed E-state index contributed by atoms with van der Waals surface area (Å²) in [7, 11) is 5.49. The first kappa shape index (κ1) is 22.1. The molecule has 3 heterocycles. The largest absolute Gasteiger partial charge is 0.383 e. The summed E-state index contributed by atoms with van der Waals surface area (Å²) in [5, 5.41) is 3.82. The molecule has 1 saturated heterocycles. The van der Waals surface area contributed by atoms with Gasteiger partial charge in [0.2, 0.25) is 5.95 Å². The molecule has 1 aliphatic rings. The van der Waals surface area contributed by atoms with Crippen LogP contribution in [0.4, 0.5) is 5.95 Å². The highest BCUT2D eigenvalue weighted by atomic mass is 16.5. The van der Waals surface area contributed by atoms with E-state index in [4.69, 9.17) is 9.72 Å². The lowest BCUT2D eigenvalue weighted by Gasteiger charge is -2.17. The Hall–Kier alpha value is -3.10. The van der Waals surface area contributed by atoms with Crippen LogP contribution in [0, 0.1) is 0 Å². The second kappa shape index (κ2) is 10.0. The smallest absolute Gasteiger partial charge is 0.252 e. The molecule has 1 amide bonds. The Morgan fingerprint density at radius 1 is 1.25 bits per heavy atom. The van der Waals surface area contributed by atoms with Gasteiger partial charge in [0, 0.05) is 75.8 Å². The Bertz CT molecular complexity index is 1070. The van der Waals surface area contributed by atoms with Gasteiger partial charge in [0.05, 0.1) is 17.7 Å². The number of anilines is 1. The van der Waals surface area contributed by atoms with Crippen molar-refractivity contribution < 1.29 is 9.53 Å². The van der Waals surface area contributed by atoms with Gasteiger partial charge >= 0.3 is 0 Å². The third-order valence-electron chi connectivity index (χ3n) is 5.76. The average Bonchev–Trinajstić information content (AvgIpc) is 3.27. The molecular formula is C24H30N6O2. The predicted octanol–water partition coefficient (Wildman–Crippen LogP) is 2.46. The van der Waals surface area contributed by atoms with E-state index in [1.54, 1.807) is 7.11 Å². The van der Waals surface area contributed by atoms with Gasteiger partial charge in [-0.25, -0.2) is 9.97 Å². The number of rotatable bonds is 8. The molecule has 0 saturated carbocycles. The second-order valence-electron chi connectivity index (χ2n) is 8.37. The maximum atomic E-state index is 12.9. The van der Waals surface area contributed by atoms with E-state index in [-0.39, 0.29) is 11.8 Å². The zero-order chi connectivity index (χ0) is 22.5. The Morgan fingerprint density at radius 3 is 2.78 bits per heavy atom. The van der Waals surface area contributed by atoms with Gasteiger partial charge in [-0.1, -0.05) is 18.2 Å². The second-order valence-corrected chi connectivity index (χ2v) is 8.37. The number of carbonyl (C=O) groups excluding carboxylic acids is 1. The van der Waals surface area contributed by atoms with Crippen LogP contribution in [0.3, 0.4) is 0 Å². The fraction of sp³-hybridized carbons (Fsp3) is 0.417. The summed E-state index contributed by atoms with van der Waals surface area (Å²) < 4.78 is 5.06. The minimum absolute atomic E-state index is 0.0881. The van der Waals surface area contributed by atoms with Crippen molar-refractivity contribution >= 4 is 22.8 Å². The third kappa shape index (κ3) is 5.03. The summed E-state index contributed by atoms with van der Waals surface area (Å²) in [6, 6.07) is 9.80. The minimum Gasteiger partial charge on any atom is -0.383 e. The topological polar surface area (TPSA) is 83.5 Å². The number of pyridine rings is 1. The van der Waals surface area contributed by atoms with Crippen LogP contribution in [0.5, 0.6) is 0 Å². The highest BCUT2D eigenvalue weighted by Crippen LogP contribution is 2.30. The third-order valence-corrected chi connectivity index (χ3v) is 5.76. The molecule has 8 nitrogen and oxygen atoms in total. The van der Waals surface area contributed by atoms with Crippen LogP contribution >= 0.6 is 0 Å². The fourth-order valence-electron chi connectivity index (χ4n) is 4.09. The quantitative estimate of drug-likeness (QED) is 0.545. The van der Waals surface area contributed by atoms with E-state index in [2.05, 4.69) is 20.2 Å². The lowest BCUT2D eigenvalue weighted by molar-refractivity contribution is 0.0938. The Balaban J connectivity index is 1.50. The van der Waals surface area contributed by atoms with Crippen molar-refractivity contribution in [2.75, 3.05) is 52.3 Å².